The number of benzene rings is 1. The maximum Gasteiger partial charge on any atom is 0.332 e. The molecule has 37 heavy (non-hydrogen) atoms. The Balaban J connectivity index is 1.76. The summed E-state index contributed by atoms with van der Waals surface area (Å²) in [4.78, 5) is 22.5. The molecular weight excluding hydrogens is 486 g/mol. The highest BCUT2D eigenvalue weighted by Crippen LogP contribution is 2.15. The first-order valence-corrected chi connectivity index (χ1v) is 12.4. The smallest absolute Gasteiger partial charge is 0.332 e. The molecular formula is C26H43NO10. The maximum absolute atomic E-state index is 11.5. The van der Waals surface area contributed by atoms with Crippen LogP contribution in [0.4, 0.5) is 5.69 Å². The molecule has 0 aromatic heterocycles. The van der Waals surface area contributed by atoms with Gasteiger partial charge in [-0.15, -0.1) is 0 Å². The van der Waals surface area contributed by atoms with Crippen LogP contribution in [-0.2, 0) is 42.7 Å². The average Bonchev–Trinajstić information content (AvgIpc) is 2.82. The largest absolute Gasteiger partial charge is 0.491 e. The third-order valence-electron chi connectivity index (χ3n) is 4.17. The minimum Gasteiger partial charge on any atom is -0.491 e. The maximum atomic E-state index is 11.5. The number of hydrogen-bond acceptors (Lipinski definition) is 10. The number of esters is 1. The molecule has 11 nitrogen and oxygen atoms in total. The summed E-state index contributed by atoms with van der Waals surface area (Å²) in [6.45, 7) is 12.1. The Bertz CT molecular complexity index is 721. The van der Waals surface area contributed by atoms with Gasteiger partial charge >= 0.3 is 5.97 Å². The normalized spacial score (nSPS) is 11.4. The lowest BCUT2D eigenvalue weighted by Crippen LogP contribution is -2.27. The van der Waals surface area contributed by atoms with Gasteiger partial charge in [0.05, 0.1) is 72.7 Å². The molecule has 0 atom stereocenters. The van der Waals surface area contributed by atoms with Gasteiger partial charge in [0.1, 0.15) is 24.6 Å². The highest BCUT2D eigenvalue weighted by molar-refractivity contribution is 5.88. The lowest BCUT2D eigenvalue weighted by atomic mass is 10.2. The van der Waals surface area contributed by atoms with E-state index in [0.717, 1.165) is 5.69 Å². The topological polar surface area (TPSA) is 120 Å². The van der Waals surface area contributed by atoms with Gasteiger partial charge in [-0.3, -0.25) is 4.79 Å². The zero-order valence-corrected chi connectivity index (χ0v) is 22.6. The first kappa shape index (κ1) is 32.7. The molecule has 0 heterocycles. The molecule has 1 amide bonds. The number of anilines is 1. The number of nitrogens with one attached hydrogen (secondary N) is 1. The van der Waals surface area contributed by atoms with Crippen molar-refractivity contribution in [2.24, 2.45) is 0 Å². The van der Waals surface area contributed by atoms with Crippen LogP contribution in [0.15, 0.2) is 24.3 Å². The summed E-state index contributed by atoms with van der Waals surface area (Å²) in [5, 5.41) is 2.70. The fraction of sp³-hybridized carbons (Fsp3) is 0.692. The van der Waals surface area contributed by atoms with Crippen LogP contribution >= 0.6 is 0 Å². The molecule has 0 radical (unpaired) electrons. The average molecular weight is 530 g/mol. The van der Waals surface area contributed by atoms with Crippen molar-refractivity contribution >= 4 is 17.6 Å². The van der Waals surface area contributed by atoms with E-state index in [4.69, 9.17) is 37.9 Å². The summed E-state index contributed by atoms with van der Waals surface area (Å²) < 4.78 is 43.0. The first-order valence-electron chi connectivity index (χ1n) is 12.4. The highest BCUT2D eigenvalue weighted by atomic mass is 16.6. The highest BCUT2D eigenvalue weighted by Gasteiger charge is 2.15. The van der Waals surface area contributed by atoms with Crippen molar-refractivity contribution in [2.75, 3.05) is 91.2 Å². The standard InChI is InChI=1S/C26H43NO10/c1-22(28)27-23-5-7-24(8-6-23)36-20-19-34-16-15-32-12-11-30-9-10-31-13-14-33-17-18-35-21-25(29)37-26(2,3)4/h5-8H,9-21H2,1-4H3,(H,27,28). The second kappa shape index (κ2) is 20.7. The van der Waals surface area contributed by atoms with Gasteiger partial charge in [-0.1, -0.05) is 0 Å². The third-order valence-corrected chi connectivity index (χ3v) is 4.17. The van der Waals surface area contributed by atoms with E-state index in [0.29, 0.717) is 85.0 Å². The SMILES string of the molecule is CC(=O)Nc1ccc(OCCOCCOCCOCCOCCOCCOCC(=O)OC(C)(C)C)cc1. The summed E-state index contributed by atoms with van der Waals surface area (Å²) in [5.41, 5.74) is 0.219. The van der Waals surface area contributed by atoms with E-state index >= 15 is 0 Å². The Hall–Kier alpha value is -2.28. The van der Waals surface area contributed by atoms with E-state index in [1.807, 2.05) is 20.8 Å². The van der Waals surface area contributed by atoms with Crippen LogP contribution in [0.2, 0.25) is 0 Å². The molecule has 1 aromatic rings. The molecule has 1 rings (SSSR count). The zero-order chi connectivity index (χ0) is 27.2. The predicted molar refractivity (Wildman–Crippen MR) is 137 cm³/mol. The lowest BCUT2D eigenvalue weighted by Gasteiger charge is -2.19. The predicted octanol–water partition coefficient (Wildman–Crippen LogP) is 2.47. The quantitative estimate of drug-likeness (QED) is 0.177. The van der Waals surface area contributed by atoms with Gasteiger partial charge in [0, 0.05) is 12.6 Å². The number of rotatable bonds is 22. The molecule has 1 aromatic carbocycles. The van der Waals surface area contributed by atoms with Crippen LogP contribution in [0.25, 0.3) is 0 Å². The van der Waals surface area contributed by atoms with E-state index in [2.05, 4.69) is 5.32 Å². The van der Waals surface area contributed by atoms with Crippen molar-refractivity contribution in [1.29, 1.82) is 0 Å². The van der Waals surface area contributed by atoms with Gasteiger partial charge in [-0.25, -0.2) is 4.79 Å². The van der Waals surface area contributed by atoms with Crippen LogP contribution in [0.1, 0.15) is 27.7 Å². The van der Waals surface area contributed by atoms with Crippen LogP contribution in [0.3, 0.4) is 0 Å². The number of carbonyl (C=O) groups excluding carboxylic acids is 2. The first-order chi connectivity index (χ1) is 17.8. The molecule has 0 aliphatic heterocycles. The molecule has 0 saturated carbocycles. The Morgan fingerprint density at radius 2 is 1.05 bits per heavy atom. The monoisotopic (exact) mass is 529 g/mol. The van der Waals surface area contributed by atoms with Crippen molar-refractivity contribution in [3.05, 3.63) is 24.3 Å². The summed E-state index contributed by atoms with van der Waals surface area (Å²) in [7, 11) is 0. The van der Waals surface area contributed by atoms with Crippen LogP contribution in [-0.4, -0.2) is 103 Å². The van der Waals surface area contributed by atoms with E-state index < -0.39 is 5.60 Å². The van der Waals surface area contributed by atoms with Gasteiger partial charge in [-0.2, -0.15) is 0 Å². The molecule has 0 aliphatic carbocycles. The van der Waals surface area contributed by atoms with E-state index in [1.165, 1.54) is 6.92 Å². The molecule has 212 valence electrons. The van der Waals surface area contributed by atoms with Gasteiger partial charge in [0.15, 0.2) is 0 Å². The van der Waals surface area contributed by atoms with Crippen molar-refractivity contribution in [1.82, 2.24) is 0 Å². The second-order valence-electron chi connectivity index (χ2n) is 8.75. The number of ether oxygens (including phenoxy) is 8. The molecule has 0 bridgehead atoms. The van der Waals surface area contributed by atoms with Gasteiger partial charge in [0.2, 0.25) is 5.91 Å². The van der Waals surface area contributed by atoms with Crippen molar-refractivity contribution < 1.29 is 47.5 Å². The Morgan fingerprint density at radius 3 is 1.46 bits per heavy atom. The van der Waals surface area contributed by atoms with E-state index in [-0.39, 0.29) is 18.5 Å². The summed E-state index contributed by atoms with van der Waals surface area (Å²) in [6.07, 6.45) is 0. The van der Waals surface area contributed by atoms with Gasteiger partial charge < -0.3 is 43.2 Å². The number of amides is 1. The Labute approximate surface area is 220 Å². The molecule has 1 N–H and O–H groups in total. The Kier molecular flexibility index (Phi) is 18.4. The van der Waals surface area contributed by atoms with E-state index in [1.54, 1.807) is 24.3 Å². The molecule has 0 aliphatic rings. The van der Waals surface area contributed by atoms with Crippen LogP contribution in [0.5, 0.6) is 5.75 Å². The molecule has 0 unspecified atom stereocenters. The summed E-state index contributed by atoms with van der Waals surface area (Å²) in [5.74, 6) is 0.214. The van der Waals surface area contributed by atoms with Crippen molar-refractivity contribution in [3.8, 4) is 5.75 Å². The van der Waals surface area contributed by atoms with Gasteiger partial charge in [-0.05, 0) is 45.0 Å². The number of hydrogen-bond donors (Lipinski definition) is 1. The molecule has 0 spiro atoms. The number of carbonyl (C=O) groups is 2. The second-order valence-corrected chi connectivity index (χ2v) is 8.75. The third kappa shape index (κ3) is 21.5. The zero-order valence-electron chi connectivity index (χ0n) is 22.6. The van der Waals surface area contributed by atoms with Crippen molar-refractivity contribution in [3.63, 3.8) is 0 Å². The molecule has 0 saturated heterocycles. The van der Waals surface area contributed by atoms with E-state index in [9.17, 15) is 9.59 Å². The summed E-state index contributed by atoms with van der Waals surface area (Å²) in [6, 6.07) is 7.15. The molecule has 11 heteroatoms. The minimum atomic E-state index is -0.510. The Morgan fingerprint density at radius 1 is 0.649 bits per heavy atom. The molecule has 0 fully saturated rings. The van der Waals surface area contributed by atoms with Crippen LogP contribution < -0.4 is 10.1 Å². The van der Waals surface area contributed by atoms with Gasteiger partial charge in [0.25, 0.3) is 0 Å². The lowest BCUT2D eigenvalue weighted by molar-refractivity contribution is -0.160. The van der Waals surface area contributed by atoms with Crippen LogP contribution in [0, 0.1) is 0 Å². The van der Waals surface area contributed by atoms with Crippen molar-refractivity contribution in [2.45, 2.75) is 33.3 Å². The summed E-state index contributed by atoms with van der Waals surface area (Å²) >= 11 is 0. The fourth-order valence-electron chi connectivity index (χ4n) is 2.68. The fourth-order valence-corrected chi connectivity index (χ4v) is 2.68. The minimum absolute atomic E-state index is 0.0840.